The Bertz CT molecular complexity index is 918. The molecule has 0 spiro atoms. The number of aliphatic hydroxyl groups is 1. The number of nitrogens with zero attached hydrogens (tertiary/aromatic N) is 2. The Labute approximate surface area is 215 Å². The van der Waals surface area contributed by atoms with Crippen LogP contribution in [0.25, 0.3) is 0 Å². The lowest BCUT2D eigenvalue weighted by Crippen LogP contribution is -2.60. The van der Waals surface area contributed by atoms with Crippen molar-refractivity contribution in [3.8, 4) is 0 Å². The van der Waals surface area contributed by atoms with Crippen molar-refractivity contribution >= 4 is 29.7 Å². The highest BCUT2D eigenvalue weighted by Crippen LogP contribution is 2.08. The summed E-state index contributed by atoms with van der Waals surface area (Å²) in [5.41, 5.74) is 17.0. The van der Waals surface area contributed by atoms with Crippen LogP contribution in [0.5, 0.6) is 0 Å². The van der Waals surface area contributed by atoms with Gasteiger partial charge in [-0.15, -0.1) is 0 Å². The number of amides is 3. The molecule has 0 fully saturated rings. The largest absolute Gasteiger partial charge is 0.480 e. The van der Waals surface area contributed by atoms with Crippen molar-refractivity contribution in [2.24, 2.45) is 28.1 Å². The number of aromatic nitrogens is 2. The number of nitrogens with two attached hydrogens (primary N) is 3. The van der Waals surface area contributed by atoms with Gasteiger partial charge in [0.05, 0.1) is 18.5 Å². The van der Waals surface area contributed by atoms with Gasteiger partial charge in [0.2, 0.25) is 17.7 Å². The molecule has 3 amide bonds. The van der Waals surface area contributed by atoms with Crippen molar-refractivity contribution in [3.05, 3.63) is 18.2 Å². The molecule has 0 aromatic carbocycles. The summed E-state index contributed by atoms with van der Waals surface area (Å²) in [4.78, 5) is 60.7. The summed E-state index contributed by atoms with van der Waals surface area (Å²) in [6, 6.07) is -4.84. The standard InChI is InChI=1S/C22H39N9O6/c1-4-11(2)16(23)19(34)31-17(12(3)32)20(35)29-14(6-5-7-27-22(24)25)18(33)30-15(21(36)37)8-13-9-26-10-28-13/h9-12,14-17,32H,4-8,23H2,1-3H3,(H,26,28)(H,29,35)(H,30,33)(H,31,34)(H,36,37)(H4,24,25,27). The lowest BCUT2D eigenvalue weighted by molar-refractivity contribution is -0.142. The number of hydrogen-bond acceptors (Lipinski definition) is 8. The Hall–Kier alpha value is -3.72. The molecule has 1 aromatic heterocycles. The number of carboxylic acid groups (broad SMARTS) is 1. The van der Waals surface area contributed by atoms with E-state index in [2.05, 4.69) is 30.9 Å². The van der Waals surface area contributed by atoms with Crippen LogP contribution in [0.4, 0.5) is 0 Å². The number of carbonyl (C=O) groups is 4. The summed E-state index contributed by atoms with van der Waals surface area (Å²) >= 11 is 0. The Balaban J connectivity index is 3.02. The molecule has 0 aliphatic rings. The summed E-state index contributed by atoms with van der Waals surface area (Å²) in [6.45, 7) is 5.09. The van der Waals surface area contributed by atoms with Crippen molar-refractivity contribution in [2.45, 2.75) is 76.7 Å². The van der Waals surface area contributed by atoms with Gasteiger partial charge in [0, 0.05) is 24.9 Å². The van der Waals surface area contributed by atoms with Crippen LogP contribution < -0.4 is 33.2 Å². The molecule has 0 saturated carbocycles. The minimum Gasteiger partial charge on any atom is -0.480 e. The maximum Gasteiger partial charge on any atom is 0.326 e. The van der Waals surface area contributed by atoms with E-state index in [9.17, 15) is 29.4 Å². The molecule has 0 radical (unpaired) electrons. The summed E-state index contributed by atoms with van der Waals surface area (Å²) < 4.78 is 0. The number of carbonyl (C=O) groups excluding carboxylic acids is 3. The van der Waals surface area contributed by atoms with Gasteiger partial charge in [-0.3, -0.25) is 19.4 Å². The zero-order chi connectivity index (χ0) is 28.1. The second-order valence-electron chi connectivity index (χ2n) is 8.83. The maximum atomic E-state index is 13.0. The summed E-state index contributed by atoms with van der Waals surface area (Å²) in [6.07, 6.45) is 2.34. The fraction of sp³-hybridized carbons (Fsp3) is 0.636. The average Bonchev–Trinajstić information content (AvgIpc) is 3.35. The Kier molecular flexibility index (Phi) is 13.0. The molecule has 15 heteroatoms. The number of aliphatic hydroxyl groups excluding tert-OH is 1. The van der Waals surface area contributed by atoms with E-state index in [1.807, 2.05) is 6.92 Å². The van der Waals surface area contributed by atoms with E-state index in [1.54, 1.807) is 6.92 Å². The number of carboxylic acids is 1. The Morgan fingerprint density at radius 1 is 1.08 bits per heavy atom. The highest BCUT2D eigenvalue weighted by atomic mass is 16.4. The number of H-pyrrole nitrogens is 1. The number of guanidine groups is 1. The minimum absolute atomic E-state index is 0.0393. The Morgan fingerprint density at radius 2 is 1.73 bits per heavy atom. The predicted octanol–water partition coefficient (Wildman–Crippen LogP) is -2.70. The molecule has 0 aliphatic heterocycles. The van der Waals surface area contributed by atoms with Gasteiger partial charge in [-0.2, -0.15) is 0 Å². The number of aliphatic carboxylic acids is 1. The number of imidazole rings is 1. The first kappa shape index (κ1) is 31.3. The van der Waals surface area contributed by atoms with Gasteiger partial charge in [0.25, 0.3) is 0 Å². The molecular formula is C22H39N9O6. The maximum absolute atomic E-state index is 13.0. The molecule has 1 aromatic rings. The number of rotatable bonds is 16. The second-order valence-corrected chi connectivity index (χ2v) is 8.83. The van der Waals surface area contributed by atoms with Crippen LogP contribution in [0.1, 0.15) is 45.7 Å². The van der Waals surface area contributed by atoms with E-state index < -0.39 is 54.0 Å². The SMILES string of the molecule is CCC(C)C(N)C(=O)NC(C(=O)NC(CCCN=C(N)N)C(=O)NC(Cc1cnc[nH]1)C(=O)O)C(C)O. The molecule has 12 N–H and O–H groups in total. The first-order valence-electron chi connectivity index (χ1n) is 12.0. The zero-order valence-corrected chi connectivity index (χ0v) is 21.3. The number of aliphatic imine (C=N–C) groups is 1. The van der Waals surface area contributed by atoms with E-state index in [0.717, 1.165) is 0 Å². The van der Waals surface area contributed by atoms with E-state index in [1.165, 1.54) is 19.4 Å². The third-order valence-corrected chi connectivity index (χ3v) is 5.79. The first-order valence-corrected chi connectivity index (χ1v) is 12.0. The molecule has 6 atom stereocenters. The zero-order valence-electron chi connectivity index (χ0n) is 21.3. The summed E-state index contributed by atoms with van der Waals surface area (Å²) in [5, 5.41) is 27.0. The smallest absolute Gasteiger partial charge is 0.326 e. The van der Waals surface area contributed by atoms with Gasteiger partial charge in [-0.05, 0) is 25.7 Å². The third kappa shape index (κ3) is 10.8. The normalized spacial score (nSPS) is 15.8. The van der Waals surface area contributed by atoms with Gasteiger partial charge >= 0.3 is 5.97 Å². The highest BCUT2D eigenvalue weighted by Gasteiger charge is 2.33. The molecule has 1 rings (SSSR count). The average molecular weight is 526 g/mol. The Morgan fingerprint density at radius 3 is 2.24 bits per heavy atom. The second kappa shape index (κ2) is 15.4. The van der Waals surface area contributed by atoms with Crippen LogP contribution in [-0.4, -0.2) is 86.6 Å². The van der Waals surface area contributed by atoms with Crippen LogP contribution in [0.15, 0.2) is 17.5 Å². The van der Waals surface area contributed by atoms with Crippen LogP contribution in [0.3, 0.4) is 0 Å². The van der Waals surface area contributed by atoms with E-state index in [0.29, 0.717) is 12.1 Å². The van der Waals surface area contributed by atoms with Crippen LogP contribution in [-0.2, 0) is 25.6 Å². The predicted molar refractivity (Wildman–Crippen MR) is 135 cm³/mol. The first-order chi connectivity index (χ1) is 17.4. The van der Waals surface area contributed by atoms with E-state index in [-0.39, 0.29) is 37.7 Å². The molecule has 0 saturated heterocycles. The van der Waals surface area contributed by atoms with Crippen molar-refractivity contribution in [1.29, 1.82) is 0 Å². The van der Waals surface area contributed by atoms with Crippen molar-refractivity contribution in [1.82, 2.24) is 25.9 Å². The van der Waals surface area contributed by atoms with E-state index >= 15 is 0 Å². The van der Waals surface area contributed by atoms with E-state index in [4.69, 9.17) is 17.2 Å². The van der Waals surface area contributed by atoms with Crippen LogP contribution >= 0.6 is 0 Å². The lowest BCUT2D eigenvalue weighted by Gasteiger charge is -2.27. The fourth-order valence-electron chi connectivity index (χ4n) is 3.29. The molecule has 0 bridgehead atoms. The molecule has 37 heavy (non-hydrogen) atoms. The van der Waals surface area contributed by atoms with Gasteiger partial charge in [0.1, 0.15) is 18.1 Å². The highest BCUT2D eigenvalue weighted by molar-refractivity contribution is 5.94. The molecule has 1 heterocycles. The molecular weight excluding hydrogens is 486 g/mol. The number of nitrogens with one attached hydrogen (secondary N) is 4. The molecule has 208 valence electrons. The van der Waals surface area contributed by atoms with Crippen molar-refractivity contribution in [2.75, 3.05) is 6.54 Å². The summed E-state index contributed by atoms with van der Waals surface area (Å²) in [7, 11) is 0. The van der Waals surface area contributed by atoms with Gasteiger partial charge in [-0.25, -0.2) is 9.78 Å². The van der Waals surface area contributed by atoms with Crippen molar-refractivity contribution < 1.29 is 29.4 Å². The quantitative estimate of drug-likeness (QED) is 0.0612. The van der Waals surface area contributed by atoms with Gasteiger partial charge < -0.3 is 48.3 Å². The van der Waals surface area contributed by atoms with Gasteiger partial charge in [0.15, 0.2) is 5.96 Å². The minimum atomic E-state index is -1.41. The summed E-state index contributed by atoms with van der Waals surface area (Å²) in [5.74, 6) is -3.87. The van der Waals surface area contributed by atoms with Crippen LogP contribution in [0, 0.1) is 5.92 Å². The molecule has 15 nitrogen and oxygen atoms in total. The van der Waals surface area contributed by atoms with Crippen molar-refractivity contribution in [3.63, 3.8) is 0 Å². The molecule has 6 unspecified atom stereocenters. The van der Waals surface area contributed by atoms with Gasteiger partial charge in [-0.1, -0.05) is 20.3 Å². The fourth-order valence-corrected chi connectivity index (χ4v) is 3.29. The number of hydrogen-bond donors (Lipinski definition) is 9. The lowest BCUT2D eigenvalue weighted by atomic mass is 9.98. The topological polar surface area (TPSA) is 264 Å². The molecule has 0 aliphatic carbocycles. The third-order valence-electron chi connectivity index (χ3n) is 5.79. The number of aromatic amines is 1. The monoisotopic (exact) mass is 525 g/mol. The van der Waals surface area contributed by atoms with Crippen LogP contribution in [0.2, 0.25) is 0 Å².